The van der Waals surface area contributed by atoms with Gasteiger partial charge in [-0.2, -0.15) is 0 Å². The summed E-state index contributed by atoms with van der Waals surface area (Å²) in [6.07, 6.45) is 3.81. The Morgan fingerprint density at radius 2 is 1.79 bits per heavy atom. The fourth-order valence-corrected chi connectivity index (χ4v) is 6.06. The quantitative estimate of drug-likeness (QED) is 0.776. The zero-order chi connectivity index (χ0) is 19.1. The average Bonchev–Trinajstić information content (AvgIpc) is 3.14. The number of aliphatic hydroxyl groups is 1. The van der Waals surface area contributed by atoms with Gasteiger partial charge in [0.05, 0.1) is 18.8 Å². The molecule has 3 aliphatic rings. The Morgan fingerprint density at radius 3 is 2.39 bits per heavy atom. The first-order chi connectivity index (χ1) is 12.9. The van der Waals surface area contributed by atoms with Crippen LogP contribution in [0.25, 0.3) is 0 Å². The van der Waals surface area contributed by atoms with Crippen LogP contribution in [0.2, 0.25) is 0 Å². The third-order valence-electron chi connectivity index (χ3n) is 7.56. The first kappa shape index (κ1) is 21.9. The van der Waals surface area contributed by atoms with Crippen molar-refractivity contribution >= 4 is 18.1 Å². The molecule has 4 rings (SSSR count). The molecule has 28 heavy (non-hydrogen) atoms. The summed E-state index contributed by atoms with van der Waals surface area (Å²) in [6.45, 7) is 12.3. The van der Waals surface area contributed by atoms with Crippen LogP contribution in [0.1, 0.15) is 40.0 Å². The van der Waals surface area contributed by atoms with Crippen LogP contribution in [0, 0.1) is 16.7 Å². The number of rotatable bonds is 6. The summed E-state index contributed by atoms with van der Waals surface area (Å²) in [5.74, 6) is 0.788. The van der Waals surface area contributed by atoms with E-state index in [1.54, 1.807) is 0 Å². The molecule has 2 bridgehead atoms. The maximum atomic E-state index is 10.6. The third kappa shape index (κ3) is 4.21. The lowest BCUT2D eigenvalue weighted by molar-refractivity contribution is -0.113. The molecule has 5 heteroatoms. The number of ether oxygens (including phenoxy) is 1. The number of hydrogen-bond donors (Lipinski definition) is 1. The number of benzene rings is 1. The van der Waals surface area contributed by atoms with Crippen LogP contribution in [0.5, 0.6) is 0 Å². The van der Waals surface area contributed by atoms with Crippen molar-refractivity contribution in [3.63, 3.8) is 0 Å². The van der Waals surface area contributed by atoms with Gasteiger partial charge in [0.2, 0.25) is 0 Å². The van der Waals surface area contributed by atoms with Gasteiger partial charge in [0.25, 0.3) is 0 Å². The van der Waals surface area contributed by atoms with Crippen molar-refractivity contribution in [1.82, 2.24) is 4.90 Å². The van der Waals surface area contributed by atoms with Gasteiger partial charge in [-0.15, -0.1) is 12.4 Å². The summed E-state index contributed by atoms with van der Waals surface area (Å²) in [4.78, 5) is 4.80. The van der Waals surface area contributed by atoms with Gasteiger partial charge in [-0.05, 0) is 48.1 Å². The Labute approximate surface area is 176 Å². The minimum atomic E-state index is -0.396. The van der Waals surface area contributed by atoms with Gasteiger partial charge in [0, 0.05) is 38.4 Å². The summed E-state index contributed by atoms with van der Waals surface area (Å²) >= 11 is 0. The van der Waals surface area contributed by atoms with Gasteiger partial charge in [-0.3, -0.25) is 4.90 Å². The SMILES string of the molecule is CC12CCC(C1)C(C)(C)C2OCC(O)CN1CCN(c2ccccc2)CC1.Cl. The Bertz CT molecular complexity index is 628. The molecule has 158 valence electrons. The standard InChI is InChI=1S/C23H36N2O2.ClH/c1-22(2)18-9-10-23(3,15-18)21(22)27-17-20(26)16-24-11-13-25(14-12-24)19-7-5-4-6-8-19;/h4-8,18,20-21,26H,9-17H2,1-3H3;1H. The van der Waals surface area contributed by atoms with Crippen LogP contribution in [0.4, 0.5) is 5.69 Å². The van der Waals surface area contributed by atoms with Crippen molar-refractivity contribution in [2.45, 2.75) is 52.2 Å². The number of hydrogen-bond acceptors (Lipinski definition) is 4. The van der Waals surface area contributed by atoms with Crippen molar-refractivity contribution in [2.75, 3.05) is 44.2 Å². The van der Waals surface area contributed by atoms with E-state index in [0.717, 1.165) is 38.6 Å². The van der Waals surface area contributed by atoms with E-state index in [1.165, 1.54) is 24.9 Å². The maximum Gasteiger partial charge on any atom is 0.0900 e. The van der Waals surface area contributed by atoms with Crippen molar-refractivity contribution < 1.29 is 9.84 Å². The zero-order valence-electron chi connectivity index (χ0n) is 17.6. The van der Waals surface area contributed by atoms with Crippen LogP contribution >= 0.6 is 12.4 Å². The lowest BCUT2D eigenvalue weighted by atomic mass is 9.70. The van der Waals surface area contributed by atoms with E-state index < -0.39 is 6.10 Å². The first-order valence-electron chi connectivity index (χ1n) is 10.7. The maximum absolute atomic E-state index is 10.6. The van der Waals surface area contributed by atoms with E-state index in [9.17, 15) is 5.11 Å². The highest BCUT2D eigenvalue weighted by molar-refractivity contribution is 5.85. The molecule has 4 nitrogen and oxygen atoms in total. The lowest BCUT2D eigenvalue weighted by Gasteiger charge is -2.43. The minimum absolute atomic E-state index is 0. The molecule has 1 aliphatic heterocycles. The average molecular weight is 409 g/mol. The smallest absolute Gasteiger partial charge is 0.0900 e. The van der Waals surface area contributed by atoms with E-state index in [0.29, 0.717) is 12.0 Å². The minimum Gasteiger partial charge on any atom is -0.389 e. The fraction of sp³-hybridized carbons (Fsp3) is 0.739. The molecule has 0 amide bonds. The normalized spacial score (nSPS) is 32.9. The molecule has 0 spiro atoms. The predicted molar refractivity (Wildman–Crippen MR) is 117 cm³/mol. The molecule has 4 unspecified atom stereocenters. The number of β-amino-alcohol motifs (C(OH)–C–C–N with tert-alkyl or cyclic N) is 1. The van der Waals surface area contributed by atoms with Crippen LogP contribution in [0.15, 0.2) is 30.3 Å². The number of anilines is 1. The van der Waals surface area contributed by atoms with Crippen LogP contribution in [-0.4, -0.2) is 61.5 Å². The lowest BCUT2D eigenvalue weighted by Crippen LogP contribution is -2.50. The monoisotopic (exact) mass is 408 g/mol. The highest BCUT2D eigenvalue weighted by atomic mass is 35.5. The topological polar surface area (TPSA) is 35.9 Å². The number of para-hydroxylation sites is 1. The van der Waals surface area contributed by atoms with Crippen LogP contribution < -0.4 is 4.90 Å². The third-order valence-corrected chi connectivity index (χ3v) is 7.56. The molecule has 2 aliphatic carbocycles. The number of halogens is 1. The summed E-state index contributed by atoms with van der Waals surface area (Å²) < 4.78 is 6.36. The Morgan fingerprint density at radius 1 is 1.11 bits per heavy atom. The molecule has 1 aromatic carbocycles. The molecular formula is C23H37ClN2O2. The molecule has 1 saturated heterocycles. The molecule has 3 fully saturated rings. The summed E-state index contributed by atoms with van der Waals surface area (Å²) in [7, 11) is 0. The Kier molecular flexibility index (Phi) is 6.65. The number of nitrogens with zero attached hydrogens (tertiary/aromatic N) is 2. The molecule has 2 saturated carbocycles. The van der Waals surface area contributed by atoms with Crippen molar-refractivity contribution in [3.05, 3.63) is 30.3 Å². The first-order valence-corrected chi connectivity index (χ1v) is 10.7. The highest BCUT2D eigenvalue weighted by Crippen LogP contribution is 2.63. The molecule has 4 atom stereocenters. The largest absolute Gasteiger partial charge is 0.389 e. The second-order valence-electron chi connectivity index (χ2n) is 9.91. The van der Waals surface area contributed by atoms with Crippen molar-refractivity contribution in [3.8, 4) is 0 Å². The number of fused-ring (bicyclic) bond motifs is 2. The molecule has 1 heterocycles. The van der Waals surface area contributed by atoms with Gasteiger partial charge in [0.1, 0.15) is 0 Å². The zero-order valence-corrected chi connectivity index (χ0v) is 18.5. The Balaban J connectivity index is 0.00000225. The van der Waals surface area contributed by atoms with E-state index in [2.05, 4.69) is 60.9 Å². The van der Waals surface area contributed by atoms with Crippen LogP contribution in [-0.2, 0) is 4.74 Å². The molecule has 0 radical (unpaired) electrons. The van der Waals surface area contributed by atoms with Gasteiger partial charge < -0.3 is 14.7 Å². The molecule has 1 N–H and O–H groups in total. The highest BCUT2D eigenvalue weighted by Gasteiger charge is 2.60. The summed E-state index contributed by atoms with van der Waals surface area (Å²) in [5.41, 5.74) is 1.86. The van der Waals surface area contributed by atoms with Gasteiger partial charge in [0.15, 0.2) is 0 Å². The fourth-order valence-electron chi connectivity index (χ4n) is 6.06. The van der Waals surface area contributed by atoms with E-state index in [1.807, 2.05) is 0 Å². The molecule has 0 aromatic heterocycles. The van der Waals surface area contributed by atoms with Crippen molar-refractivity contribution in [1.29, 1.82) is 0 Å². The number of aliphatic hydroxyl groups excluding tert-OH is 1. The molecular weight excluding hydrogens is 372 g/mol. The van der Waals surface area contributed by atoms with E-state index >= 15 is 0 Å². The Hall–Kier alpha value is -0.810. The van der Waals surface area contributed by atoms with Gasteiger partial charge >= 0.3 is 0 Å². The summed E-state index contributed by atoms with van der Waals surface area (Å²) in [5, 5.41) is 10.6. The predicted octanol–water partition coefficient (Wildman–Crippen LogP) is 3.82. The number of piperazine rings is 1. The van der Waals surface area contributed by atoms with Crippen molar-refractivity contribution in [2.24, 2.45) is 16.7 Å². The second kappa shape index (κ2) is 8.51. The van der Waals surface area contributed by atoms with E-state index in [4.69, 9.17) is 4.74 Å². The second-order valence-corrected chi connectivity index (χ2v) is 9.91. The molecule has 1 aromatic rings. The van der Waals surface area contributed by atoms with E-state index in [-0.39, 0.29) is 23.9 Å². The van der Waals surface area contributed by atoms with Gasteiger partial charge in [-0.1, -0.05) is 39.0 Å². The van der Waals surface area contributed by atoms with Gasteiger partial charge in [-0.25, -0.2) is 0 Å². The summed E-state index contributed by atoms with van der Waals surface area (Å²) in [6, 6.07) is 10.6. The van der Waals surface area contributed by atoms with Crippen LogP contribution in [0.3, 0.4) is 0 Å².